The van der Waals surface area contributed by atoms with Gasteiger partial charge in [-0.05, 0) is 25.7 Å². The first-order chi connectivity index (χ1) is 6.33. The van der Waals surface area contributed by atoms with Gasteiger partial charge in [0.2, 0.25) is 0 Å². The fourth-order valence-corrected chi connectivity index (χ4v) is 2.25. The second-order valence-corrected chi connectivity index (χ2v) is 4.02. The lowest BCUT2D eigenvalue weighted by molar-refractivity contribution is 0.0562. The molecule has 1 aliphatic rings. The minimum absolute atomic E-state index is 0.312. The van der Waals surface area contributed by atoms with E-state index in [9.17, 15) is 0 Å². The van der Waals surface area contributed by atoms with E-state index in [1.54, 1.807) is 0 Å². The molecule has 1 N–H and O–H groups in total. The zero-order valence-electron chi connectivity index (χ0n) is 9.00. The van der Waals surface area contributed by atoms with Crippen LogP contribution in [-0.4, -0.2) is 35.2 Å². The van der Waals surface area contributed by atoms with Crippen LogP contribution in [0.25, 0.3) is 0 Å². The predicted octanol–water partition coefficient (Wildman–Crippen LogP) is 2.02. The van der Waals surface area contributed by atoms with Crippen LogP contribution in [0.15, 0.2) is 0 Å². The van der Waals surface area contributed by atoms with E-state index in [2.05, 4.69) is 18.7 Å². The normalized spacial score (nSPS) is 18.2. The Labute approximate surface area is 81.9 Å². The third-order valence-electron chi connectivity index (χ3n) is 3.31. The van der Waals surface area contributed by atoms with Gasteiger partial charge in [0.1, 0.15) is 0 Å². The van der Waals surface area contributed by atoms with Crippen LogP contribution >= 0.6 is 0 Å². The molecule has 0 atom stereocenters. The number of nitrogens with zero attached hydrogens (tertiary/aromatic N) is 1. The lowest BCUT2D eigenvalue weighted by atomic mass is 9.89. The van der Waals surface area contributed by atoms with Crippen LogP contribution < -0.4 is 0 Å². The van der Waals surface area contributed by atoms with E-state index in [1.165, 1.54) is 32.1 Å². The van der Waals surface area contributed by atoms with E-state index in [0.717, 1.165) is 12.6 Å². The van der Waals surface area contributed by atoms with Crippen molar-refractivity contribution in [1.29, 1.82) is 0 Å². The largest absolute Gasteiger partial charge is 0.395 e. The molecule has 78 valence electrons. The van der Waals surface area contributed by atoms with Crippen molar-refractivity contribution < 1.29 is 5.11 Å². The van der Waals surface area contributed by atoms with Gasteiger partial charge in [-0.3, -0.25) is 4.90 Å². The Balaban J connectivity index is 2.43. The Bertz CT molecular complexity index is 130. The lowest BCUT2D eigenvalue weighted by Crippen LogP contribution is -2.47. The summed E-state index contributed by atoms with van der Waals surface area (Å²) in [4.78, 5) is 2.52. The maximum absolute atomic E-state index is 9.00. The first-order valence-electron chi connectivity index (χ1n) is 5.70. The quantitative estimate of drug-likeness (QED) is 0.684. The zero-order chi connectivity index (χ0) is 9.68. The van der Waals surface area contributed by atoms with Crippen LogP contribution in [0.3, 0.4) is 0 Å². The van der Waals surface area contributed by atoms with Crippen molar-refractivity contribution in [2.75, 3.05) is 13.2 Å². The molecule has 0 aliphatic heterocycles. The topological polar surface area (TPSA) is 23.5 Å². The first-order valence-corrected chi connectivity index (χ1v) is 5.70. The van der Waals surface area contributed by atoms with Crippen LogP contribution in [0.2, 0.25) is 0 Å². The second kappa shape index (κ2) is 5.61. The third kappa shape index (κ3) is 2.68. The minimum Gasteiger partial charge on any atom is -0.395 e. The number of aliphatic hydroxyl groups excluding tert-OH is 1. The SMILES string of the molecule is CCC(CC)N(CCO)C1CCC1. The fourth-order valence-electron chi connectivity index (χ4n) is 2.25. The Kier molecular flexibility index (Phi) is 4.74. The van der Waals surface area contributed by atoms with Gasteiger partial charge in [0.05, 0.1) is 6.61 Å². The highest BCUT2D eigenvalue weighted by molar-refractivity contribution is 4.83. The molecule has 0 aromatic carbocycles. The fraction of sp³-hybridized carbons (Fsp3) is 1.00. The summed E-state index contributed by atoms with van der Waals surface area (Å²) < 4.78 is 0. The molecule has 0 aromatic heterocycles. The van der Waals surface area contributed by atoms with E-state index in [0.29, 0.717) is 12.6 Å². The highest BCUT2D eigenvalue weighted by Gasteiger charge is 2.28. The second-order valence-electron chi connectivity index (χ2n) is 4.02. The molecule has 0 amide bonds. The Morgan fingerprint density at radius 3 is 2.23 bits per heavy atom. The highest BCUT2D eigenvalue weighted by Crippen LogP contribution is 2.27. The van der Waals surface area contributed by atoms with Crippen molar-refractivity contribution in [3.8, 4) is 0 Å². The number of aliphatic hydroxyl groups is 1. The van der Waals surface area contributed by atoms with Crippen molar-refractivity contribution >= 4 is 0 Å². The van der Waals surface area contributed by atoms with Crippen LogP contribution in [0, 0.1) is 0 Å². The van der Waals surface area contributed by atoms with Crippen molar-refractivity contribution in [1.82, 2.24) is 4.90 Å². The molecular weight excluding hydrogens is 162 g/mol. The molecule has 2 nitrogen and oxygen atoms in total. The highest BCUT2D eigenvalue weighted by atomic mass is 16.3. The van der Waals surface area contributed by atoms with Gasteiger partial charge < -0.3 is 5.11 Å². The molecule has 0 unspecified atom stereocenters. The molecule has 0 spiro atoms. The Morgan fingerprint density at radius 1 is 1.31 bits per heavy atom. The van der Waals surface area contributed by atoms with Gasteiger partial charge in [-0.15, -0.1) is 0 Å². The van der Waals surface area contributed by atoms with E-state index in [1.807, 2.05) is 0 Å². The number of hydrogen-bond acceptors (Lipinski definition) is 2. The molecule has 1 rings (SSSR count). The molecule has 0 saturated heterocycles. The smallest absolute Gasteiger partial charge is 0.0558 e. The maximum Gasteiger partial charge on any atom is 0.0558 e. The van der Waals surface area contributed by atoms with E-state index in [-0.39, 0.29) is 0 Å². The van der Waals surface area contributed by atoms with Crippen molar-refractivity contribution in [3.05, 3.63) is 0 Å². The van der Waals surface area contributed by atoms with Gasteiger partial charge in [0.25, 0.3) is 0 Å². The summed E-state index contributed by atoms with van der Waals surface area (Å²) in [5.74, 6) is 0. The van der Waals surface area contributed by atoms with Gasteiger partial charge >= 0.3 is 0 Å². The average molecular weight is 185 g/mol. The van der Waals surface area contributed by atoms with Crippen LogP contribution in [0.1, 0.15) is 46.0 Å². The van der Waals surface area contributed by atoms with E-state index >= 15 is 0 Å². The summed E-state index contributed by atoms with van der Waals surface area (Å²) in [5.41, 5.74) is 0. The van der Waals surface area contributed by atoms with Crippen LogP contribution in [0.4, 0.5) is 0 Å². The monoisotopic (exact) mass is 185 g/mol. The molecule has 2 heteroatoms. The molecule has 13 heavy (non-hydrogen) atoms. The standard InChI is InChI=1S/C11H23NO/c1-3-10(4-2)12(8-9-13)11-6-5-7-11/h10-11,13H,3-9H2,1-2H3. The molecule has 0 radical (unpaired) electrons. The molecule has 0 heterocycles. The minimum atomic E-state index is 0.312. The van der Waals surface area contributed by atoms with E-state index < -0.39 is 0 Å². The van der Waals surface area contributed by atoms with E-state index in [4.69, 9.17) is 5.11 Å². The van der Waals surface area contributed by atoms with Gasteiger partial charge in [0.15, 0.2) is 0 Å². The number of hydrogen-bond donors (Lipinski definition) is 1. The summed E-state index contributed by atoms with van der Waals surface area (Å²) >= 11 is 0. The Hall–Kier alpha value is -0.0800. The summed E-state index contributed by atoms with van der Waals surface area (Å²) in [6, 6.07) is 1.47. The van der Waals surface area contributed by atoms with Crippen LogP contribution in [0.5, 0.6) is 0 Å². The van der Waals surface area contributed by atoms with Gasteiger partial charge in [-0.1, -0.05) is 20.3 Å². The Morgan fingerprint density at radius 2 is 1.92 bits per heavy atom. The molecule has 1 aliphatic carbocycles. The molecule has 0 bridgehead atoms. The van der Waals surface area contributed by atoms with Gasteiger partial charge in [-0.2, -0.15) is 0 Å². The third-order valence-corrected chi connectivity index (χ3v) is 3.31. The molecular formula is C11H23NO. The van der Waals surface area contributed by atoms with Crippen molar-refractivity contribution in [2.45, 2.75) is 58.0 Å². The number of rotatable bonds is 6. The van der Waals surface area contributed by atoms with Crippen LogP contribution in [-0.2, 0) is 0 Å². The first kappa shape index (κ1) is 11.0. The summed E-state index contributed by atoms with van der Waals surface area (Å²) in [6.07, 6.45) is 6.50. The average Bonchev–Trinajstić information content (AvgIpc) is 2.04. The van der Waals surface area contributed by atoms with Crippen molar-refractivity contribution in [2.24, 2.45) is 0 Å². The predicted molar refractivity (Wildman–Crippen MR) is 55.8 cm³/mol. The molecule has 0 aromatic rings. The maximum atomic E-state index is 9.00. The summed E-state index contributed by atoms with van der Waals surface area (Å²) in [5, 5.41) is 9.00. The molecule has 1 fully saturated rings. The lowest BCUT2D eigenvalue weighted by Gasteiger charge is -2.42. The zero-order valence-corrected chi connectivity index (χ0v) is 9.00. The summed E-state index contributed by atoms with van der Waals surface area (Å²) in [6.45, 7) is 5.68. The van der Waals surface area contributed by atoms with Gasteiger partial charge in [-0.25, -0.2) is 0 Å². The summed E-state index contributed by atoms with van der Waals surface area (Å²) in [7, 11) is 0. The van der Waals surface area contributed by atoms with Gasteiger partial charge in [0, 0.05) is 18.6 Å². The molecule has 1 saturated carbocycles. The van der Waals surface area contributed by atoms with Crippen molar-refractivity contribution in [3.63, 3.8) is 0 Å².